The first-order valence-electron chi connectivity index (χ1n) is 11.5. The lowest BCUT2D eigenvalue weighted by Gasteiger charge is -2.13. The molecule has 4 aromatic rings. The second-order valence-corrected chi connectivity index (χ2v) is 10.9. The second-order valence-electron chi connectivity index (χ2n) is 8.38. The Kier molecular flexibility index (Phi) is 7.60. The molecule has 1 N–H and O–H groups in total. The maximum atomic E-state index is 10.5. The molecular weight excluding hydrogens is 476 g/mol. The average Bonchev–Trinajstić information content (AvgIpc) is 3.16. The third-order valence-corrected chi connectivity index (χ3v) is 7.83. The molecule has 35 heavy (non-hydrogen) atoms. The minimum atomic E-state index is -4.02. The quantitative estimate of drug-likeness (QED) is 0.260. The van der Waals surface area contributed by atoms with E-state index in [0.717, 1.165) is 18.5 Å². The number of anilines is 1. The number of nitrogens with zero attached hydrogens (tertiary/aromatic N) is 2. The number of aromatic nitrogens is 1. The highest BCUT2D eigenvalue weighted by molar-refractivity contribution is 8.03. The van der Waals surface area contributed by atoms with Crippen LogP contribution in [0.5, 0.6) is 0 Å². The molecule has 0 bridgehead atoms. The fraction of sp³-hybridized carbons (Fsp3) is 0.179. The summed E-state index contributed by atoms with van der Waals surface area (Å²) < 4.78 is 31.9. The maximum Gasteiger partial charge on any atom is 0.294 e. The predicted molar refractivity (Wildman–Crippen MR) is 144 cm³/mol. The number of benzene rings is 3. The number of para-hydroxylation sites is 2. The molecule has 0 saturated carbocycles. The van der Waals surface area contributed by atoms with Gasteiger partial charge in [0.15, 0.2) is 6.20 Å². The topological polar surface area (TPSA) is 61.5 Å². The van der Waals surface area contributed by atoms with Crippen molar-refractivity contribution in [2.75, 3.05) is 11.9 Å². The number of rotatable bonds is 4. The van der Waals surface area contributed by atoms with E-state index >= 15 is 0 Å². The molecule has 3 aromatic carbocycles. The van der Waals surface area contributed by atoms with Crippen molar-refractivity contribution in [2.24, 2.45) is 0 Å². The van der Waals surface area contributed by atoms with E-state index in [1.165, 1.54) is 44.2 Å². The zero-order chi connectivity index (χ0) is 25.0. The molecule has 1 aliphatic rings. The highest BCUT2D eigenvalue weighted by Crippen LogP contribution is 2.45. The molecule has 1 aliphatic heterocycles. The van der Waals surface area contributed by atoms with Crippen LogP contribution in [0.15, 0.2) is 99.9 Å². The van der Waals surface area contributed by atoms with Gasteiger partial charge in [-0.3, -0.25) is 4.55 Å². The van der Waals surface area contributed by atoms with Crippen LogP contribution in [0.1, 0.15) is 24.5 Å². The first-order chi connectivity index (χ1) is 16.8. The molecular formula is C28H29N2O3S2+. The predicted octanol–water partition coefficient (Wildman–Crippen LogP) is 6.32. The van der Waals surface area contributed by atoms with Gasteiger partial charge < -0.3 is 4.90 Å². The van der Waals surface area contributed by atoms with Gasteiger partial charge in [-0.25, -0.2) is 0 Å². The summed E-state index contributed by atoms with van der Waals surface area (Å²) in [6, 6.07) is 25.5. The van der Waals surface area contributed by atoms with Gasteiger partial charge in [0, 0.05) is 30.5 Å². The highest BCUT2D eigenvalue weighted by atomic mass is 32.2. The first-order valence-corrected chi connectivity index (χ1v) is 13.7. The van der Waals surface area contributed by atoms with E-state index in [9.17, 15) is 8.42 Å². The van der Waals surface area contributed by atoms with Gasteiger partial charge in [0.25, 0.3) is 10.1 Å². The monoisotopic (exact) mass is 505 g/mol. The number of fused-ring (bicyclic) bond motifs is 2. The van der Waals surface area contributed by atoms with Gasteiger partial charge in [-0.15, -0.1) is 0 Å². The van der Waals surface area contributed by atoms with Crippen molar-refractivity contribution in [3.05, 3.63) is 101 Å². The van der Waals surface area contributed by atoms with Crippen LogP contribution in [0.25, 0.3) is 17.0 Å². The summed E-state index contributed by atoms with van der Waals surface area (Å²) in [5, 5.41) is 2.58. The van der Waals surface area contributed by atoms with Crippen LogP contribution in [-0.2, 0) is 16.7 Å². The Bertz CT molecular complexity index is 1480. The molecule has 0 aliphatic carbocycles. The molecule has 2 heterocycles. The van der Waals surface area contributed by atoms with Crippen LogP contribution in [0.4, 0.5) is 5.69 Å². The van der Waals surface area contributed by atoms with E-state index in [1.807, 2.05) is 18.7 Å². The summed E-state index contributed by atoms with van der Waals surface area (Å²) in [5.74, 6) is 0. The zero-order valence-corrected chi connectivity index (χ0v) is 21.7. The molecule has 0 spiro atoms. The Morgan fingerprint density at radius 2 is 1.66 bits per heavy atom. The molecule has 0 radical (unpaired) electrons. The van der Waals surface area contributed by atoms with E-state index in [-0.39, 0.29) is 4.90 Å². The first kappa shape index (κ1) is 25.0. The van der Waals surface area contributed by atoms with Crippen LogP contribution in [0.2, 0.25) is 0 Å². The minimum Gasteiger partial charge on any atom is -0.338 e. The summed E-state index contributed by atoms with van der Waals surface area (Å²) in [7, 11) is -1.87. The summed E-state index contributed by atoms with van der Waals surface area (Å²) in [6.07, 6.45) is 5.66. The van der Waals surface area contributed by atoms with Crippen LogP contribution in [-0.4, -0.2) is 20.0 Å². The lowest BCUT2D eigenvalue weighted by atomic mass is 10.1. The molecule has 0 atom stereocenters. The van der Waals surface area contributed by atoms with Crippen molar-refractivity contribution in [3.8, 4) is 0 Å². The normalized spacial score (nSPS) is 14.1. The standard InChI is InChI=1S/C21H21N2S.C7H8O3S/c1-3-13-23-14-12-16(17-8-4-5-9-18(17)23)15-21-22(2)19-10-6-7-11-20(19)24-21;1-6-2-4-7(5-3-6)11(8,9)10/h4-12,14-15H,3,13H2,1-2H3;2-5H,1H3,(H,8,9,10)/q+1;. The van der Waals surface area contributed by atoms with Crippen molar-refractivity contribution >= 4 is 44.5 Å². The Hall–Kier alpha value is -3.13. The van der Waals surface area contributed by atoms with E-state index in [2.05, 4.69) is 90.3 Å². The van der Waals surface area contributed by atoms with Gasteiger partial charge >= 0.3 is 0 Å². The molecule has 0 amide bonds. The van der Waals surface area contributed by atoms with Crippen molar-refractivity contribution in [2.45, 2.75) is 36.6 Å². The maximum absolute atomic E-state index is 10.5. The van der Waals surface area contributed by atoms with Crippen molar-refractivity contribution in [1.29, 1.82) is 0 Å². The third-order valence-electron chi connectivity index (χ3n) is 5.79. The van der Waals surface area contributed by atoms with Gasteiger partial charge in [0.05, 0.1) is 21.0 Å². The molecule has 0 saturated heterocycles. The van der Waals surface area contributed by atoms with Gasteiger partial charge in [-0.05, 0) is 48.9 Å². The van der Waals surface area contributed by atoms with Crippen molar-refractivity contribution in [1.82, 2.24) is 0 Å². The summed E-state index contributed by atoms with van der Waals surface area (Å²) in [5.41, 5.74) is 4.82. The zero-order valence-electron chi connectivity index (χ0n) is 20.0. The van der Waals surface area contributed by atoms with Gasteiger partial charge in [0.2, 0.25) is 5.52 Å². The van der Waals surface area contributed by atoms with E-state index < -0.39 is 10.1 Å². The Morgan fingerprint density at radius 3 is 2.34 bits per heavy atom. The fourth-order valence-corrected chi connectivity index (χ4v) is 5.54. The minimum absolute atomic E-state index is 0.0666. The van der Waals surface area contributed by atoms with Crippen LogP contribution >= 0.6 is 11.8 Å². The molecule has 7 heteroatoms. The third kappa shape index (κ3) is 5.75. The van der Waals surface area contributed by atoms with Crippen molar-refractivity contribution in [3.63, 3.8) is 0 Å². The Labute approximate surface area is 211 Å². The highest BCUT2D eigenvalue weighted by Gasteiger charge is 2.22. The van der Waals surface area contributed by atoms with Gasteiger partial charge in [-0.2, -0.15) is 13.0 Å². The largest absolute Gasteiger partial charge is 0.338 e. The molecule has 5 nitrogen and oxygen atoms in total. The molecule has 180 valence electrons. The lowest BCUT2D eigenvalue weighted by molar-refractivity contribution is -0.671. The summed E-state index contributed by atoms with van der Waals surface area (Å²) in [4.78, 5) is 3.54. The second kappa shape index (κ2) is 10.6. The Morgan fingerprint density at radius 1 is 0.971 bits per heavy atom. The number of aryl methyl sites for hydroxylation is 2. The van der Waals surface area contributed by atoms with Crippen molar-refractivity contribution < 1.29 is 17.5 Å². The van der Waals surface area contributed by atoms with Crippen LogP contribution in [0.3, 0.4) is 0 Å². The molecule has 0 unspecified atom stereocenters. The van der Waals surface area contributed by atoms with Gasteiger partial charge in [-0.1, -0.05) is 60.6 Å². The number of hydrogen-bond donors (Lipinski definition) is 1. The fourth-order valence-electron chi connectivity index (χ4n) is 3.96. The van der Waals surface area contributed by atoms with E-state index in [0.29, 0.717) is 0 Å². The number of thioether (sulfide) groups is 1. The van der Waals surface area contributed by atoms with Crippen LogP contribution in [0, 0.1) is 6.92 Å². The molecule has 5 rings (SSSR count). The summed E-state index contributed by atoms with van der Waals surface area (Å²) in [6.45, 7) is 5.12. The smallest absolute Gasteiger partial charge is 0.294 e. The van der Waals surface area contributed by atoms with E-state index in [4.69, 9.17) is 4.55 Å². The lowest BCUT2D eigenvalue weighted by Crippen LogP contribution is -2.33. The summed E-state index contributed by atoms with van der Waals surface area (Å²) >= 11 is 1.84. The van der Waals surface area contributed by atoms with Crippen LogP contribution < -0.4 is 9.47 Å². The number of hydrogen-bond acceptors (Lipinski definition) is 4. The SMILES string of the molecule is CCC[n+]1ccc(C=C2Sc3ccccc3N2C)c2ccccc21.Cc1ccc(S(=O)(=O)O)cc1. The van der Waals surface area contributed by atoms with Gasteiger partial charge in [0.1, 0.15) is 6.54 Å². The molecule has 1 aromatic heterocycles. The average molecular weight is 506 g/mol. The van der Waals surface area contributed by atoms with E-state index in [1.54, 1.807) is 12.1 Å². The molecule has 0 fully saturated rings. The number of pyridine rings is 1. The Balaban J connectivity index is 0.000000221.